The van der Waals surface area contributed by atoms with E-state index in [1.54, 1.807) is 12.1 Å². The molecule has 0 aliphatic carbocycles. The molecule has 0 saturated heterocycles. The Kier molecular flexibility index (Phi) is 4.41. The number of amides is 2. The first-order valence-electron chi connectivity index (χ1n) is 7.32. The van der Waals surface area contributed by atoms with Crippen molar-refractivity contribution in [1.29, 1.82) is 0 Å². The van der Waals surface area contributed by atoms with E-state index in [-0.39, 0.29) is 18.1 Å². The van der Waals surface area contributed by atoms with E-state index in [0.717, 1.165) is 17.7 Å². The maximum Gasteiger partial charge on any atom is 0.262 e. The third-order valence-corrected chi connectivity index (χ3v) is 3.56. The third-order valence-electron chi connectivity index (χ3n) is 3.56. The topological polar surface area (TPSA) is 67.4 Å². The number of nitrogens with one attached hydrogen (secondary N) is 2. The molecule has 7 heteroatoms. The quantitative estimate of drug-likeness (QED) is 0.902. The molecule has 2 aromatic carbocycles. The molecule has 2 aromatic rings. The van der Waals surface area contributed by atoms with Crippen LogP contribution in [0.15, 0.2) is 36.4 Å². The highest BCUT2D eigenvalue weighted by Crippen LogP contribution is 2.28. The molecule has 2 amide bonds. The second-order valence-electron chi connectivity index (χ2n) is 5.30. The summed E-state index contributed by atoms with van der Waals surface area (Å²) in [6, 6.07) is 8.35. The molecule has 0 spiro atoms. The van der Waals surface area contributed by atoms with Gasteiger partial charge in [0.15, 0.2) is 18.2 Å². The first-order valence-corrected chi connectivity index (χ1v) is 7.32. The molecule has 1 aliphatic rings. The zero-order valence-corrected chi connectivity index (χ0v) is 12.6. The average molecular weight is 332 g/mol. The smallest absolute Gasteiger partial charge is 0.262 e. The lowest BCUT2D eigenvalue weighted by atomic mass is 10.1. The van der Waals surface area contributed by atoms with Crippen molar-refractivity contribution >= 4 is 17.5 Å². The SMILES string of the molecule is O=C1COc2ccc(CCNC(=O)c3ccc(F)c(F)c3)cc2N1. The summed E-state index contributed by atoms with van der Waals surface area (Å²) in [6.07, 6.45) is 0.512. The Morgan fingerprint density at radius 2 is 2.00 bits per heavy atom. The van der Waals surface area contributed by atoms with E-state index in [0.29, 0.717) is 24.4 Å². The van der Waals surface area contributed by atoms with E-state index in [9.17, 15) is 18.4 Å². The minimum absolute atomic E-state index is 0.00334. The summed E-state index contributed by atoms with van der Waals surface area (Å²) in [4.78, 5) is 23.2. The van der Waals surface area contributed by atoms with Gasteiger partial charge in [0.05, 0.1) is 5.69 Å². The molecule has 3 rings (SSSR count). The van der Waals surface area contributed by atoms with E-state index in [1.165, 1.54) is 6.07 Å². The lowest BCUT2D eigenvalue weighted by Crippen LogP contribution is -2.26. The number of rotatable bonds is 4. The highest BCUT2D eigenvalue weighted by molar-refractivity contribution is 5.95. The lowest BCUT2D eigenvalue weighted by molar-refractivity contribution is -0.118. The van der Waals surface area contributed by atoms with Crippen LogP contribution in [-0.2, 0) is 11.2 Å². The van der Waals surface area contributed by atoms with Gasteiger partial charge in [0.1, 0.15) is 5.75 Å². The Labute approximate surface area is 136 Å². The number of fused-ring (bicyclic) bond motifs is 1. The Morgan fingerprint density at radius 1 is 1.17 bits per heavy atom. The minimum Gasteiger partial charge on any atom is -0.482 e. The van der Waals surface area contributed by atoms with E-state index in [1.807, 2.05) is 6.07 Å². The van der Waals surface area contributed by atoms with Crippen molar-refractivity contribution in [2.24, 2.45) is 0 Å². The summed E-state index contributed by atoms with van der Waals surface area (Å²) >= 11 is 0. The number of ether oxygens (including phenoxy) is 1. The highest BCUT2D eigenvalue weighted by atomic mass is 19.2. The van der Waals surface area contributed by atoms with Crippen molar-refractivity contribution < 1.29 is 23.1 Å². The van der Waals surface area contributed by atoms with E-state index in [4.69, 9.17) is 4.74 Å². The fourth-order valence-electron chi connectivity index (χ4n) is 2.35. The van der Waals surface area contributed by atoms with Crippen molar-refractivity contribution in [3.63, 3.8) is 0 Å². The van der Waals surface area contributed by atoms with Gasteiger partial charge in [0.2, 0.25) is 0 Å². The summed E-state index contributed by atoms with van der Waals surface area (Å²) < 4.78 is 31.2. The van der Waals surface area contributed by atoms with Gasteiger partial charge in [-0.05, 0) is 42.3 Å². The standard InChI is InChI=1S/C17H14F2N2O3/c18-12-3-2-11(8-13(12)19)17(23)20-6-5-10-1-4-15-14(7-10)21-16(22)9-24-15/h1-4,7-8H,5-6,9H2,(H,20,23)(H,21,22). The predicted octanol–water partition coefficient (Wildman–Crippen LogP) is 2.27. The second kappa shape index (κ2) is 6.66. The van der Waals surface area contributed by atoms with Crippen molar-refractivity contribution in [3.8, 4) is 5.75 Å². The van der Waals surface area contributed by atoms with Gasteiger partial charge in [0, 0.05) is 12.1 Å². The Bertz CT molecular complexity index is 808. The van der Waals surface area contributed by atoms with Crippen LogP contribution in [0, 0.1) is 11.6 Å². The lowest BCUT2D eigenvalue weighted by Gasteiger charge is -2.18. The Morgan fingerprint density at radius 3 is 2.79 bits per heavy atom. The monoisotopic (exact) mass is 332 g/mol. The van der Waals surface area contributed by atoms with Gasteiger partial charge in [-0.1, -0.05) is 6.07 Å². The molecule has 1 heterocycles. The van der Waals surface area contributed by atoms with Crippen LogP contribution in [-0.4, -0.2) is 25.0 Å². The molecule has 5 nitrogen and oxygen atoms in total. The van der Waals surface area contributed by atoms with Crippen LogP contribution < -0.4 is 15.4 Å². The van der Waals surface area contributed by atoms with Crippen molar-refractivity contribution in [2.75, 3.05) is 18.5 Å². The molecule has 2 N–H and O–H groups in total. The Hall–Kier alpha value is -2.96. The summed E-state index contributed by atoms with van der Waals surface area (Å²) in [5.41, 5.74) is 1.54. The van der Waals surface area contributed by atoms with Gasteiger partial charge in [0.25, 0.3) is 11.8 Å². The largest absolute Gasteiger partial charge is 0.482 e. The van der Waals surface area contributed by atoms with Crippen molar-refractivity contribution in [2.45, 2.75) is 6.42 Å². The van der Waals surface area contributed by atoms with Crippen molar-refractivity contribution in [3.05, 3.63) is 59.2 Å². The minimum atomic E-state index is -1.06. The molecule has 0 fully saturated rings. The second-order valence-corrected chi connectivity index (χ2v) is 5.30. The molecule has 1 aliphatic heterocycles. The van der Waals surface area contributed by atoms with Crippen LogP contribution >= 0.6 is 0 Å². The summed E-state index contributed by atoms with van der Waals surface area (Å²) in [7, 11) is 0. The molecule has 0 saturated carbocycles. The average Bonchev–Trinajstić information content (AvgIpc) is 2.57. The number of hydrogen-bond donors (Lipinski definition) is 2. The molecule has 24 heavy (non-hydrogen) atoms. The summed E-state index contributed by atoms with van der Waals surface area (Å²) in [5.74, 6) is -2.16. The van der Waals surface area contributed by atoms with Gasteiger partial charge >= 0.3 is 0 Å². The molecular formula is C17H14F2N2O3. The van der Waals surface area contributed by atoms with Crippen LogP contribution in [0.25, 0.3) is 0 Å². The van der Waals surface area contributed by atoms with Crippen molar-refractivity contribution in [1.82, 2.24) is 5.32 Å². The molecule has 0 aromatic heterocycles. The summed E-state index contributed by atoms with van der Waals surface area (Å²) in [6.45, 7) is 0.308. The van der Waals surface area contributed by atoms with Crippen LogP contribution in [0.1, 0.15) is 15.9 Å². The molecule has 0 bridgehead atoms. The normalized spacial score (nSPS) is 12.8. The number of halogens is 2. The fraction of sp³-hybridized carbons (Fsp3) is 0.176. The van der Waals surface area contributed by atoms with Gasteiger partial charge in [-0.3, -0.25) is 9.59 Å². The van der Waals surface area contributed by atoms with E-state index in [2.05, 4.69) is 10.6 Å². The van der Waals surface area contributed by atoms with Gasteiger partial charge < -0.3 is 15.4 Å². The van der Waals surface area contributed by atoms with E-state index >= 15 is 0 Å². The van der Waals surface area contributed by atoms with Gasteiger partial charge in [-0.2, -0.15) is 0 Å². The first-order chi connectivity index (χ1) is 11.5. The maximum atomic E-state index is 13.1. The molecule has 124 valence electrons. The van der Waals surface area contributed by atoms with Crippen LogP contribution in [0.5, 0.6) is 5.75 Å². The Balaban J connectivity index is 1.58. The molecular weight excluding hydrogens is 318 g/mol. The number of carbonyl (C=O) groups excluding carboxylic acids is 2. The summed E-state index contributed by atoms with van der Waals surface area (Å²) in [5, 5.41) is 5.34. The number of hydrogen-bond acceptors (Lipinski definition) is 3. The maximum absolute atomic E-state index is 13.1. The molecule has 0 radical (unpaired) electrons. The number of benzene rings is 2. The van der Waals surface area contributed by atoms with Crippen LogP contribution in [0.2, 0.25) is 0 Å². The van der Waals surface area contributed by atoms with Crippen LogP contribution in [0.4, 0.5) is 14.5 Å². The third kappa shape index (κ3) is 3.51. The first kappa shape index (κ1) is 15.9. The fourth-order valence-corrected chi connectivity index (χ4v) is 2.35. The predicted molar refractivity (Wildman–Crippen MR) is 83.0 cm³/mol. The highest BCUT2D eigenvalue weighted by Gasteiger charge is 2.16. The number of carbonyl (C=O) groups is 2. The zero-order valence-electron chi connectivity index (χ0n) is 12.6. The molecule has 0 atom stereocenters. The van der Waals surface area contributed by atoms with Crippen LogP contribution in [0.3, 0.4) is 0 Å². The number of anilines is 1. The van der Waals surface area contributed by atoms with E-state index < -0.39 is 17.5 Å². The molecule has 0 unspecified atom stereocenters. The van der Waals surface area contributed by atoms with Gasteiger partial charge in [-0.15, -0.1) is 0 Å². The van der Waals surface area contributed by atoms with Gasteiger partial charge in [-0.25, -0.2) is 8.78 Å². The zero-order chi connectivity index (χ0) is 17.1.